The van der Waals surface area contributed by atoms with Crippen molar-refractivity contribution >= 4 is 11.7 Å². The topological polar surface area (TPSA) is 81.5 Å². The van der Waals surface area contributed by atoms with Crippen LogP contribution in [0.1, 0.15) is 12.5 Å². The van der Waals surface area contributed by atoms with E-state index in [0.29, 0.717) is 19.7 Å². The number of esters is 1. The van der Waals surface area contributed by atoms with Crippen molar-refractivity contribution in [2.45, 2.75) is 13.5 Å². The Bertz CT molecular complexity index is 454. The van der Waals surface area contributed by atoms with Crippen molar-refractivity contribution in [2.75, 3.05) is 13.2 Å². The first-order valence-corrected chi connectivity index (χ1v) is 5.91. The first-order valence-electron chi connectivity index (χ1n) is 5.91. The summed E-state index contributed by atoms with van der Waals surface area (Å²) in [5, 5.41) is 13.5. The smallest absolute Gasteiger partial charge is 0.330 e. The van der Waals surface area contributed by atoms with Crippen LogP contribution in [0.4, 0.5) is 5.69 Å². The quantitative estimate of drug-likeness (QED) is 0.267. The van der Waals surface area contributed by atoms with Crippen molar-refractivity contribution in [3.8, 4) is 0 Å². The average Bonchev–Trinajstić information content (AvgIpc) is 2.39. The maximum Gasteiger partial charge on any atom is 0.330 e. The van der Waals surface area contributed by atoms with Crippen LogP contribution < -0.4 is 5.32 Å². The Labute approximate surface area is 111 Å². The van der Waals surface area contributed by atoms with Gasteiger partial charge >= 0.3 is 5.97 Å². The van der Waals surface area contributed by atoms with Crippen LogP contribution in [0.2, 0.25) is 0 Å². The molecule has 1 aromatic rings. The first kappa shape index (κ1) is 14.8. The number of nitro groups is 1. The number of nitrogens with zero attached hydrogens (tertiary/aromatic N) is 1. The number of hydrogen-bond acceptors (Lipinski definition) is 5. The van der Waals surface area contributed by atoms with Crippen molar-refractivity contribution in [1.29, 1.82) is 0 Å². The number of hydrogen-bond donors (Lipinski definition) is 1. The average molecular weight is 264 g/mol. The molecule has 0 heterocycles. The maximum atomic E-state index is 11.0. The molecule has 0 aliphatic carbocycles. The molecule has 0 bridgehead atoms. The van der Waals surface area contributed by atoms with E-state index in [4.69, 9.17) is 4.74 Å². The number of non-ortho nitro benzene ring substituents is 1. The molecule has 0 aliphatic rings. The molecule has 19 heavy (non-hydrogen) atoms. The molecule has 6 heteroatoms. The monoisotopic (exact) mass is 264 g/mol. The maximum absolute atomic E-state index is 11.0. The minimum absolute atomic E-state index is 0.0750. The fourth-order valence-corrected chi connectivity index (χ4v) is 1.38. The second-order valence-corrected chi connectivity index (χ2v) is 3.71. The number of benzene rings is 1. The highest BCUT2D eigenvalue weighted by atomic mass is 16.6. The lowest BCUT2D eigenvalue weighted by molar-refractivity contribution is -0.384. The molecule has 0 radical (unpaired) electrons. The third-order valence-electron chi connectivity index (χ3n) is 2.28. The Balaban J connectivity index is 2.29. The Morgan fingerprint density at radius 3 is 2.68 bits per heavy atom. The lowest BCUT2D eigenvalue weighted by Crippen LogP contribution is -2.13. The second kappa shape index (κ2) is 7.99. The van der Waals surface area contributed by atoms with Gasteiger partial charge < -0.3 is 10.1 Å². The summed E-state index contributed by atoms with van der Waals surface area (Å²) < 4.78 is 4.72. The molecular weight excluding hydrogens is 248 g/mol. The van der Waals surface area contributed by atoms with Crippen molar-refractivity contribution in [1.82, 2.24) is 5.32 Å². The van der Waals surface area contributed by atoms with E-state index >= 15 is 0 Å². The van der Waals surface area contributed by atoms with Crippen LogP contribution in [0.3, 0.4) is 0 Å². The van der Waals surface area contributed by atoms with E-state index in [2.05, 4.69) is 5.32 Å². The summed E-state index contributed by atoms with van der Waals surface area (Å²) in [6.45, 7) is 3.21. The van der Waals surface area contributed by atoms with E-state index in [1.54, 1.807) is 25.1 Å². The van der Waals surface area contributed by atoms with E-state index in [1.165, 1.54) is 18.2 Å². The van der Waals surface area contributed by atoms with E-state index < -0.39 is 4.92 Å². The van der Waals surface area contributed by atoms with Crippen molar-refractivity contribution in [3.05, 3.63) is 52.1 Å². The fraction of sp³-hybridized carbons (Fsp3) is 0.308. The van der Waals surface area contributed by atoms with Crippen molar-refractivity contribution in [3.63, 3.8) is 0 Å². The number of carbonyl (C=O) groups excluding carboxylic acids is 1. The molecule has 0 fully saturated rings. The Hall–Kier alpha value is -2.21. The van der Waals surface area contributed by atoms with Gasteiger partial charge in [-0.1, -0.05) is 18.2 Å². The van der Waals surface area contributed by atoms with Crippen LogP contribution in [0.15, 0.2) is 36.4 Å². The summed E-state index contributed by atoms with van der Waals surface area (Å²) in [5.74, 6) is -0.361. The predicted molar refractivity (Wildman–Crippen MR) is 70.6 cm³/mol. The number of carbonyl (C=O) groups is 1. The van der Waals surface area contributed by atoms with Gasteiger partial charge in [0.15, 0.2) is 0 Å². The summed E-state index contributed by atoms with van der Waals surface area (Å²) in [7, 11) is 0. The lowest BCUT2D eigenvalue weighted by Gasteiger charge is -2.01. The number of nitrogens with one attached hydrogen (secondary N) is 1. The van der Waals surface area contributed by atoms with Crippen LogP contribution >= 0.6 is 0 Å². The molecule has 0 aromatic heterocycles. The van der Waals surface area contributed by atoms with E-state index in [1.807, 2.05) is 0 Å². The molecule has 6 nitrogen and oxygen atoms in total. The lowest BCUT2D eigenvalue weighted by atomic mass is 10.2. The Morgan fingerprint density at radius 1 is 1.42 bits per heavy atom. The van der Waals surface area contributed by atoms with E-state index in [-0.39, 0.29) is 11.7 Å². The fourth-order valence-electron chi connectivity index (χ4n) is 1.38. The molecule has 0 aliphatic heterocycles. The Kier molecular flexibility index (Phi) is 6.25. The highest BCUT2D eigenvalue weighted by Gasteiger charge is 2.03. The normalized spacial score (nSPS) is 10.6. The molecule has 1 N–H and O–H groups in total. The molecule has 0 saturated heterocycles. The zero-order valence-electron chi connectivity index (χ0n) is 10.7. The van der Waals surface area contributed by atoms with Crippen LogP contribution in [0, 0.1) is 10.1 Å². The minimum Gasteiger partial charge on any atom is -0.463 e. The van der Waals surface area contributed by atoms with Crippen LogP contribution in [0.5, 0.6) is 0 Å². The summed E-state index contributed by atoms with van der Waals surface area (Å²) in [4.78, 5) is 21.0. The van der Waals surface area contributed by atoms with E-state index in [9.17, 15) is 14.9 Å². The van der Waals surface area contributed by atoms with Crippen LogP contribution in [0.25, 0.3) is 0 Å². The third-order valence-corrected chi connectivity index (χ3v) is 2.28. The predicted octanol–water partition coefficient (Wildman–Crippen LogP) is 1.80. The van der Waals surface area contributed by atoms with Gasteiger partial charge in [0.05, 0.1) is 11.5 Å². The van der Waals surface area contributed by atoms with Gasteiger partial charge in [0.1, 0.15) is 0 Å². The highest BCUT2D eigenvalue weighted by Crippen LogP contribution is 2.11. The summed E-state index contributed by atoms with van der Waals surface area (Å²) in [6.07, 6.45) is 3.04. The first-order chi connectivity index (χ1) is 9.13. The van der Waals surface area contributed by atoms with Crippen molar-refractivity contribution < 1.29 is 14.5 Å². The Morgan fingerprint density at radius 2 is 2.11 bits per heavy atom. The number of rotatable bonds is 7. The number of ether oxygens (including phenoxy) is 1. The molecule has 102 valence electrons. The SMILES string of the molecule is CCOC(=O)/C=C/CNCc1ccc([N+](=O)[O-])cc1. The van der Waals surface area contributed by atoms with Gasteiger partial charge in [0.25, 0.3) is 5.69 Å². The van der Waals surface area contributed by atoms with Gasteiger partial charge in [-0.05, 0) is 12.5 Å². The van der Waals surface area contributed by atoms with Crippen molar-refractivity contribution in [2.24, 2.45) is 0 Å². The molecule has 0 unspecified atom stereocenters. The third kappa shape index (κ3) is 5.78. The minimum atomic E-state index is -0.431. The van der Waals surface area contributed by atoms with Gasteiger partial charge in [-0.25, -0.2) is 4.79 Å². The molecule has 0 amide bonds. The van der Waals surface area contributed by atoms with Crippen LogP contribution in [-0.2, 0) is 16.1 Å². The molecule has 0 spiro atoms. The zero-order chi connectivity index (χ0) is 14.1. The van der Waals surface area contributed by atoms with Gasteiger partial charge in [-0.15, -0.1) is 0 Å². The van der Waals surface area contributed by atoms with Crippen LogP contribution in [-0.4, -0.2) is 24.0 Å². The van der Waals surface area contributed by atoms with Gasteiger partial charge in [0, 0.05) is 31.3 Å². The summed E-state index contributed by atoms with van der Waals surface area (Å²) in [5.41, 5.74) is 1.01. The highest BCUT2D eigenvalue weighted by molar-refractivity contribution is 5.81. The second-order valence-electron chi connectivity index (χ2n) is 3.71. The standard InChI is InChI=1S/C13H16N2O4/c1-2-19-13(16)4-3-9-14-10-11-5-7-12(8-6-11)15(17)18/h3-8,14H,2,9-10H2,1H3/b4-3+. The van der Waals surface area contributed by atoms with Gasteiger partial charge in [-0.2, -0.15) is 0 Å². The van der Waals surface area contributed by atoms with Gasteiger partial charge in [-0.3, -0.25) is 10.1 Å². The molecule has 0 saturated carbocycles. The zero-order valence-corrected chi connectivity index (χ0v) is 10.7. The van der Waals surface area contributed by atoms with Gasteiger partial charge in [0.2, 0.25) is 0 Å². The summed E-state index contributed by atoms with van der Waals surface area (Å²) in [6, 6.07) is 6.32. The summed E-state index contributed by atoms with van der Waals surface area (Å²) >= 11 is 0. The largest absolute Gasteiger partial charge is 0.463 e. The number of nitro benzene ring substituents is 1. The van der Waals surface area contributed by atoms with E-state index in [0.717, 1.165) is 5.56 Å². The molecule has 1 rings (SSSR count). The molecule has 0 atom stereocenters. The molecular formula is C13H16N2O4. The molecule has 1 aromatic carbocycles.